The molecule has 0 aliphatic heterocycles. The molecule has 0 spiro atoms. The average molecular weight is 312 g/mol. The van der Waals surface area contributed by atoms with Crippen LogP contribution in [0.1, 0.15) is 29.8 Å². The lowest BCUT2D eigenvalue weighted by molar-refractivity contribution is 0.109. The molecule has 0 saturated heterocycles. The van der Waals surface area contributed by atoms with E-state index >= 15 is 0 Å². The molecule has 0 bridgehead atoms. The highest BCUT2D eigenvalue weighted by atomic mass is 32.1. The molecule has 2 aromatic rings. The lowest BCUT2D eigenvalue weighted by Crippen LogP contribution is -2.32. The van der Waals surface area contributed by atoms with Gasteiger partial charge in [0.2, 0.25) is 5.12 Å². The van der Waals surface area contributed by atoms with Gasteiger partial charge in [-0.1, -0.05) is 36.4 Å². The number of carbonyl (C=O) groups excluding carboxylic acids is 1. The highest BCUT2D eigenvalue weighted by Gasteiger charge is 2.17. The molecule has 0 saturated carbocycles. The average Bonchev–Trinajstić information content (AvgIpc) is 2.56. The van der Waals surface area contributed by atoms with Gasteiger partial charge in [0.15, 0.2) is 0 Å². The number of thiol groups is 1. The van der Waals surface area contributed by atoms with Gasteiger partial charge in [-0.3, -0.25) is 4.79 Å². The van der Waals surface area contributed by atoms with Crippen molar-refractivity contribution in [2.45, 2.75) is 13.8 Å². The first-order valence-electron chi connectivity index (χ1n) is 7.38. The minimum absolute atomic E-state index is 0.247. The van der Waals surface area contributed by atoms with Crippen molar-refractivity contribution in [3.05, 3.63) is 65.7 Å². The Kier molecular flexibility index (Phi) is 5.78. The third-order valence-electron chi connectivity index (χ3n) is 3.45. The zero-order valence-corrected chi connectivity index (χ0v) is 13.8. The molecule has 2 rings (SSSR count). The van der Waals surface area contributed by atoms with Crippen LogP contribution in [0, 0.1) is 0 Å². The zero-order valence-electron chi connectivity index (χ0n) is 12.9. The number of benzene rings is 2. The van der Waals surface area contributed by atoms with Gasteiger partial charge in [-0.15, -0.1) is 12.6 Å². The lowest BCUT2D eigenvalue weighted by atomic mass is 10.1. The second-order valence-electron chi connectivity index (χ2n) is 4.79. The highest BCUT2D eigenvalue weighted by Crippen LogP contribution is 2.19. The number of amidine groups is 1. The normalized spacial score (nSPS) is 11.3. The zero-order chi connectivity index (χ0) is 15.9. The molecule has 0 unspecified atom stereocenters. The van der Waals surface area contributed by atoms with Gasteiger partial charge in [-0.25, -0.2) is 4.99 Å². The fraction of sp³-hybridized carbons (Fsp3) is 0.222. The molecule has 4 heteroatoms. The third-order valence-corrected chi connectivity index (χ3v) is 3.69. The second-order valence-corrected chi connectivity index (χ2v) is 5.20. The van der Waals surface area contributed by atoms with E-state index in [1.807, 2.05) is 48.5 Å². The van der Waals surface area contributed by atoms with Crippen LogP contribution < -0.4 is 0 Å². The maximum Gasteiger partial charge on any atom is 0.217 e. The molecule has 3 nitrogen and oxygen atoms in total. The first-order chi connectivity index (χ1) is 10.7. The summed E-state index contributed by atoms with van der Waals surface area (Å²) in [7, 11) is 0. The Bertz CT molecular complexity index is 664. The predicted octanol–water partition coefficient (Wildman–Crippen LogP) is 4.18. The van der Waals surface area contributed by atoms with E-state index < -0.39 is 0 Å². The summed E-state index contributed by atoms with van der Waals surface area (Å²) in [5.74, 6) is 0.800. The number of hydrogen-bond acceptors (Lipinski definition) is 2. The van der Waals surface area contributed by atoms with E-state index in [-0.39, 0.29) is 5.12 Å². The van der Waals surface area contributed by atoms with Crippen LogP contribution in [0.4, 0.5) is 5.69 Å². The van der Waals surface area contributed by atoms with Crippen molar-refractivity contribution < 1.29 is 4.79 Å². The van der Waals surface area contributed by atoms with Gasteiger partial charge >= 0.3 is 0 Å². The Morgan fingerprint density at radius 2 is 1.50 bits per heavy atom. The lowest BCUT2D eigenvalue weighted by Gasteiger charge is -2.24. The second kappa shape index (κ2) is 7.80. The van der Waals surface area contributed by atoms with Gasteiger partial charge < -0.3 is 4.90 Å². The van der Waals surface area contributed by atoms with Gasteiger partial charge in [0.25, 0.3) is 0 Å². The van der Waals surface area contributed by atoms with Crippen LogP contribution in [-0.4, -0.2) is 28.9 Å². The minimum Gasteiger partial charge on any atom is -0.357 e. The Balaban J connectivity index is 2.60. The standard InChI is InChI=1S/C18H20N2OS/c1-3-20(4-2)17(19-14-10-6-5-7-11-14)15-12-8-9-13-16(15)18(21)22/h5-13H,3-4H2,1-2H3,(H,21,22). The summed E-state index contributed by atoms with van der Waals surface area (Å²) >= 11 is 3.99. The molecule has 0 aliphatic rings. The van der Waals surface area contributed by atoms with E-state index in [1.54, 1.807) is 6.07 Å². The molecular formula is C18H20N2OS. The molecule has 0 fully saturated rings. The number of para-hydroxylation sites is 1. The van der Waals surface area contributed by atoms with Crippen molar-refractivity contribution >= 4 is 29.3 Å². The Morgan fingerprint density at radius 1 is 0.955 bits per heavy atom. The summed E-state index contributed by atoms with van der Waals surface area (Å²) in [6.07, 6.45) is 0. The van der Waals surface area contributed by atoms with Crippen LogP contribution >= 0.6 is 12.6 Å². The third kappa shape index (κ3) is 3.77. The first-order valence-corrected chi connectivity index (χ1v) is 7.83. The minimum atomic E-state index is -0.247. The molecule has 0 amide bonds. The number of aliphatic imine (C=N–C) groups is 1. The van der Waals surface area contributed by atoms with E-state index in [2.05, 4.69) is 31.4 Å². The maximum absolute atomic E-state index is 11.8. The number of nitrogens with zero attached hydrogens (tertiary/aromatic N) is 2. The van der Waals surface area contributed by atoms with Crippen LogP contribution in [0.15, 0.2) is 59.6 Å². The summed E-state index contributed by atoms with van der Waals surface area (Å²) in [6.45, 7) is 5.79. The molecule has 0 aromatic heterocycles. The van der Waals surface area contributed by atoms with Crippen LogP contribution in [0.5, 0.6) is 0 Å². The molecule has 22 heavy (non-hydrogen) atoms. The van der Waals surface area contributed by atoms with Gasteiger partial charge in [0, 0.05) is 24.2 Å². The molecule has 114 valence electrons. The van der Waals surface area contributed by atoms with E-state index in [0.717, 1.165) is 30.2 Å². The highest BCUT2D eigenvalue weighted by molar-refractivity contribution is 7.97. The van der Waals surface area contributed by atoms with Crippen LogP contribution in [0.3, 0.4) is 0 Å². The van der Waals surface area contributed by atoms with Crippen molar-refractivity contribution in [1.82, 2.24) is 4.90 Å². The Labute approximate surface area is 137 Å². The van der Waals surface area contributed by atoms with Crippen molar-refractivity contribution in [2.75, 3.05) is 13.1 Å². The number of rotatable bonds is 5. The molecule has 0 heterocycles. The van der Waals surface area contributed by atoms with Crippen LogP contribution in [-0.2, 0) is 0 Å². The van der Waals surface area contributed by atoms with Gasteiger partial charge in [-0.05, 0) is 32.0 Å². The van der Waals surface area contributed by atoms with Crippen molar-refractivity contribution in [3.63, 3.8) is 0 Å². The smallest absolute Gasteiger partial charge is 0.217 e. The van der Waals surface area contributed by atoms with E-state index in [9.17, 15) is 4.79 Å². The Morgan fingerprint density at radius 3 is 2.05 bits per heavy atom. The Hall–Kier alpha value is -2.07. The van der Waals surface area contributed by atoms with E-state index in [4.69, 9.17) is 4.99 Å². The number of hydrogen-bond donors (Lipinski definition) is 1. The molecule has 0 aliphatic carbocycles. The fourth-order valence-corrected chi connectivity index (χ4v) is 2.51. The largest absolute Gasteiger partial charge is 0.357 e. The quantitative estimate of drug-likeness (QED) is 0.510. The molecule has 0 atom stereocenters. The monoisotopic (exact) mass is 312 g/mol. The summed E-state index contributed by atoms with van der Waals surface area (Å²) < 4.78 is 0. The van der Waals surface area contributed by atoms with Crippen molar-refractivity contribution in [1.29, 1.82) is 0 Å². The van der Waals surface area contributed by atoms with Crippen LogP contribution in [0.2, 0.25) is 0 Å². The summed E-state index contributed by atoms with van der Waals surface area (Å²) in [6, 6.07) is 17.2. The van der Waals surface area contributed by atoms with Gasteiger partial charge in [0.1, 0.15) is 5.84 Å². The maximum atomic E-state index is 11.8. The SMILES string of the molecule is CCN(CC)C(=Nc1ccccc1)c1ccccc1C(=O)S. The predicted molar refractivity (Wildman–Crippen MR) is 95.3 cm³/mol. The van der Waals surface area contributed by atoms with Gasteiger partial charge in [0.05, 0.1) is 5.69 Å². The van der Waals surface area contributed by atoms with E-state index in [1.165, 1.54) is 0 Å². The molecule has 2 aromatic carbocycles. The molecule has 0 N–H and O–H groups in total. The van der Waals surface area contributed by atoms with Gasteiger partial charge in [-0.2, -0.15) is 0 Å². The summed E-state index contributed by atoms with van der Waals surface area (Å²) in [5.41, 5.74) is 2.26. The van der Waals surface area contributed by atoms with Crippen molar-refractivity contribution in [3.8, 4) is 0 Å². The number of carbonyl (C=O) groups is 1. The van der Waals surface area contributed by atoms with E-state index in [0.29, 0.717) is 5.56 Å². The molecular weight excluding hydrogens is 292 g/mol. The summed E-state index contributed by atoms with van der Waals surface area (Å²) in [4.78, 5) is 18.7. The molecule has 0 radical (unpaired) electrons. The first kappa shape index (κ1) is 16.3. The summed E-state index contributed by atoms with van der Waals surface area (Å²) in [5, 5.41) is -0.247. The fourth-order valence-electron chi connectivity index (χ4n) is 2.31. The van der Waals surface area contributed by atoms with Crippen LogP contribution in [0.25, 0.3) is 0 Å². The topological polar surface area (TPSA) is 32.7 Å². The van der Waals surface area contributed by atoms with Crippen molar-refractivity contribution in [2.24, 2.45) is 4.99 Å².